The van der Waals surface area contributed by atoms with E-state index in [9.17, 15) is 14.4 Å². The van der Waals surface area contributed by atoms with Crippen LogP contribution < -0.4 is 5.56 Å². The van der Waals surface area contributed by atoms with Crippen LogP contribution in [0.3, 0.4) is 0 Å². The van der Waals surface area contributed by atoms with E-state index in [1.54, 1.807) is 0 Å². The first kappa shape index (κ1) is 13.8. The summed E-state index contributed by atoms with van der Waals surface area (Å²) in [4.78, 5) is 42.3. The molecule has 114 valence electrons. The highest BCUT2D eigenvalue weighted by molar-refractivity contribution is 7.19. The molecule has 0 N–H and O–H groups in total. The number of thiazole rings is 1. The molecule has 2 amide bonds. The summed E-state index contributed by atoms with van der Waals surface area (Å²) in [7, 11) is 0. The molecule has 0 atom stereocenters. The van der Waals surface area contributed by atoms with Crippen LogP contribution in [-0.2, 0) is 6.54 Å². The van der Waals surface area contributed by atoms with Crippen molar-refractivity contribution in [3.63, 3.8) is 0 Å². The second-order valence-corrected chi connectivity index (χ2v) is 6.14. The molecule has 8 heteroatoms. The molecular weight excluding hydrogens is 316 g/mol. The Morgan fingerprint density at radius 1 is 1.09 bits per heavy atom. The highest BCUT2D eigenvalue weighted by Gasteiger charge is 2.40. The average molecular weight is 326 g/mol. The van der Waals surface area contributed by atoms with Gasteiger partial charge >= 0.3 is 0 Å². The van der Waals surface area contributed by atoms with Crippen molar-refractivity contribution in [1.29, 1.82) is 0 Å². The number of aryl methyl sites for hydroxylation is 1. The third kappa shape index (κ3) is 1.99. The van der Waals surface area contributed by atoms with Gasteiger partial charge in [0.1, 0.15) is 10.6 Å². The Hall–Kier alpha value is -2.87. The zero-order chi connectivity index (χ0) is 16.1. The van der Waals surface area contributed by atoms with Crippen LogP contribution in [0.4, 0.5) is 0 Å². The number of fused-ring (bicyclic) bond motifs is 3. The van der Waals surface area contributed by atoms with Crippen molar-refractivity contribution in [2.24, 2.45) is 0 Å². The molecule has 0 spiro atoms. The molecular formula is C15H10N4O3S. The second kappa shape index (κ2) is 4.82. The second-order valence-electron chi connectivity index (χ2n) is 5.16. The number of rotatable bonds is 2. The van der Waals surface area contributed by atoms with Gasteiger partial charge in [-0.15, -0.1) is 0 Å². The maximum atomic E-state index is 12.6. The zero-order valence-electron chi connectivity index (χ0n) is 12.0. The molecule has 23 heavy (non-hydrogen) atoms. The minimum absolute atomic E-state index is 0.182. The van der Waals surface area contributed by atoms with E-state index in [0.29, 0.717) is 0 Å². The number of carbonyl (C=O) groups is 2. The van der Waals surface area contributed by atoms with E-state index < -0.39 is 11.5 Å². The molecule has 1 aliphatic rings. The summed E-state index contributed by atoms with van der Waals surface area (Å²) in [6.45, 7) is 1.73. The van der Waals surface area contributed by atoms with Gasteiger partial charge in [0.25, 0.3) is 17.4 Å². The van der Waals surface area contributed by atoms with Crippen LogP contribution in [0.1, 0.15) is 31.4 Å². The molecule has 3 heterocycles. The lowest BCUT2D eigenvalue weighted by Crippen LogP contribution is -2.30. The standard InChI is InChI=1S/C15H10N4O3S/c1-8-12(20)16-15-19(17-8)10-11(23-15)14(22)18(13(10)21)7-9-5-3-2-4-6-9/h2-6H,7H2,1H3. The maximum Gasteiger partial charge on any atom is 0.295 e. The molecule has 1 aromatic carbocycles. The topological polar surface area (TPSA) is 84.6 Å². The van der Waals surface area contributed by atoms with Crippen LogP contribution in [0.15, 0.2) is 35.1 Å². The third-order valence-electron chi connectivity index (χ3n) is 3.63. The Kier molecular flexibility index (Phi) is 2.88. The van der Waals surface area contributed by atoms with Crippen molar-refractivity contribution >= 4 is 28.1 Å². The van der Waals surface area contributed by atoms with Crippen LogP contribution >= 0.6 is 11.3 Å². The minimum atomic E-state index is -0.453. The molecule has 0 fully saturated rings. The monoisotopic (exact) mass is 326 g/mol. The summed E-state index contributed by atoms with van der Waals surface area (Å²) in [5, 5.41) is 4.09. The van der Waals surface area contributed by atoms with Crippen LogP contribution in [0.2, 0.25) is 0 Å². The molecule has 4 rings (SSSR count). The van der Waals surface area contributed by atoms with Crippen molar-refractivity contribution in [3.05, 3.63) is 62.5 Å². The largest absolute Gasteiger partial charge is 0.295 e. The molecule has 0 saturated carbocycles. The molecule has 7 nitrogen and oxygen atoms in total. The average Bonchev–Trinajstić information content (AvgIpc) is 3.00. The van der Waals surface area contributed by atoms with E-state index in [4.69, 9.17) is 0 Å². The van der Waals surface area contributed by atoms with Gasteiger partial charge in [0, 0.05) is 0 Å². The van der Waals surface area contributed by atoms with Gasteiger partial charge in [-0.05, 0) is 12.5 Å². The summed E-state index contributed by atoms with van der Waals surface area (Å²) in [5.74, 6) is -0.797. The Labute approximate surface area is 133 Å². The highest BCUT2D eigenvalue weighted by atomic mass is 32.1. The first-order valence-corrected chi connectivity index (χ1v) is 7.68. The number of hydrogen-bond donors (Lipinski definition) is 0. The fraction of sp³-hybridized carbons (Fsp3) is 0.133. The molecule has 0 aliphatic carbocycles. The van der Waals surface area contributed by atoms with Gasteiger partial charge in [-0.3, -0.25) is 19.3 Å². The predicted octanol–water partition coefficient (Wildman–Crippen LogP) is 1.26. The minimum Gasteiger partial charge on any atom is -0.268 e. The fourth-order valence-electron chi connectivity index (χ4n) is 2.48. The van der Waals surface area contributed by atoms with Gasteiger partial charge < -0.3 is 0 Å². The van der Waals surface area contributed by atoms with E-state index in [2.05, 4.69) is 10.1 Å². The van der Waals surface area contributed by atoms with E-state index in [1.165, 1.54) is 16.3 Å². The third-order valence-corrected chi connectivity index (χ3v) is 4.65. The molecule has 3 aromatic rings. The van der Waals surface area contributed by atoms with Crippen LogP contribution in [-0.4, -0.2) is 31.3 Å². The summed E-state index contributed by atoms with van der Waals surface area (Å²) in [6.07, 6.45) is 0. The number of nitrogens with zero attached hydrogens (tertiary/aromatic N) is 4. The van der Waals surface area contributed by atoms with Crippen molar-refractivity contribution in [3.8, 4) is 0 Å². The lowest BCUT2D eigenvalue weighted by atomic mass is 10.2. The normalized spacial score (nSPS) is 13.9. The van der Waals surface area contributed by atoms with Crippen molar-refractivity contribution < 1.29 is 9.59 Å². The van der Waals surface area contributed by atoms with Gasteiger partial charge in [-0.25, -0.2) is 0 Å². The Morgan fingerprint density at radius 2 is 1.83 bits per heavy atom. The smallest absolute Gasteiger partial charge is 0.268 e. The number of benzene rings is 1. The maximum absolute atomic E-state index is 12.6. The predicted molar refractivity (Wildman–Crippen MR) is 82.5 cm³/mol. The fourth-order valence-corrected chi connectivity index (χ4v) is 3.48. The molecule has 0 saturated heterocycles. The van der Waals surface area contributed by atoms with Gasteiger partial charge in [0.2, 0.25) is 4.96 Å². The molecule has 0 unspecified atom stereocenters. The van der Waals surface area contributed by atoms with Crippen molar-refractivity contribution in [2.45, 2.75) is 13.5 Å². The first-order chi connectivity index (χ1) is 11.1. The van der Waals surface area contributed by atoms with E-state index >= 15 is 0 Å². The number of hydrogen-bond acceptors (Lipinski definition) is 6. The lowest BCUT2D eigenvalue weighted by Gasteiger charge is -2.13. The number of amides is 2. The van der Waals surface area contributed by atoms with E-state index in [0.717, 1.165) is 16.9 Å². The zero-order valence-corrected chi connectivity index (χ0v) is 12.8. The quantitative estimate of drug-likeness (QED) is 0.662. The lowest BCUT2D eigenvalue weighted by molar-refractivity contribution is 0.0640. The summed E-state index contributed by atoms with van der Waals surface area (Å²) >= 11 is 1.01. The molecule has 1 aliphatic heterocycles. The number of carbonyl (C=O) groups excluding carboxylic acids is 2. The Bertz CT molecular complexity index is 1020. The first-order valence-electron chi connectivity index (χ1n) is 6.87. The highest BCUT2D eigenvalue weighted by Crippen LogP contribution is 2.30. The van der Waals surface area contributed by atoms with Gasteiger partial charge in [0.05, 0.1) is 6.54 Å². The summed E-state index contributed by atoms with van der Waals surface area (Å²) in [5.41, 5.74) is 0.778. The number of aromatic nitrogens is 3. The Balaban J connectivity index is 1.81. The Morgan fingerprint density at radius 3 is 2.57 bits per heavy atom. The molecule has 0 bridgehead atoms. The van der Waals surface area contributed by atoms with Crippen LogP contribution in [0, 0.1) is 6.92 Å². The summed E-state index contributed by atoms with van der Waals surface area (Å²) < 4.78 is 1.29. The number of imide groups is 1. The van der Waals surface area contributed by atoms with Crippen LogP contribution in [0.5, 0.6) is 0 Å². The van der Waals surface area contributed by atoms with Crippen molar-refractivity contribution in [2.75, 3.05) is 0 Å². The van der Waals surface area contributed by atoms with E-state index in [1.807, 2.05) is 30.3 Å². The SMILES string of the molecule is Cc1nn2c3c(sc2nc1=O)C(=O)N(Cc1ccccc1)C3=O. The van der Waals surface area contributed by atoms with Crippen molar-refractivity contribution in [1.82, 2.24) is 19.5 Å². The molecule has 2 aromatic heterocycles. The molecule has 0 radical (unpaired) electrons. The van der Waals surface area contributed by atoms with Gasteiger partial charge in [-0.1, -0.05) is 41.7 Å². The summed E-state index contributed by atoms with van der Waals surface area (Å²) in [6, 6.07) is 9.28. The van der Waals surface area contributed by atoms with Crippen LogP contribution in [0.25, 0.3) is 4.96 Å². The van der Waals surface area contributed by atoms with E-state index in [-0.39, 0.29) is 33.7 Å². The van der Waals surface area contributed by atoms with Gasteiger partial charge in [-0.2, -0.15) is 14.6 Å². The van der Waals surface area contributed by atoms with Gasteiger partial charge in [0.15, 0.2) is 5.69 Å².